The number of aromatic nitrogens is 2. The smallest absolute Gasteiger partial charge is 0.257 e. The quantitative estimate of drug-likeness (QED) is 0.477. The van der Waals surface area contributed by atoms with Crippen molar-refractivity contribution in [2.75, 3.05) is 17.6 Å². The molecule has 1 aromatic heterocycles. The fourth-order valence-electron chi connectivity index (χ4n) is 2.05. The summed E-state index contributed by atoms with van der Waals surface area (Å²) in [4.78, 5) is 18.1. The van der Waals surface area contributed by atoms with Gasteiger partial charge in [-0.15, -0.1) is 0 Å². The van der Waals surface area contributed by atoms with Gasteiger partial charge in [-0.05, 0) is 13.3 Å². The molecule has 0 aromatic carbocycles. The number of aromatic amines is 1. The molecule has 0 spiro atoms. The number of nitrogens with zero attached hydrogens (tertiary/aromatic N) is 1. The second-order valence-corrected chi connectivity index (χ2v) is 4.35. The minimum absolute atomic E-state index is 0. The number of anilines is 2. The maximum Gasteiger partial charge on any atom is 0.257 e. The predicted octanol–water partition coefficient (Wildman–Crippen LogP) is -0.686. The van der Waals surface area contributed by atoms with E-state index in [1.807, 2.05) is 0 Å². The number of H-pyrrole nitrogens is 1. The van der Waals surface area contributed by atoms with Crippen LogP contribution >= 0.6 is 0 Å². The lowest BCUT2D eigenvalue weighted by molar-refractivity contribution is -0.00446. The van der Waals surface area contributed by atoms with Gasteiger partial charge in [0.15, 0.2) is 0 Å². The standard InChI is InChI=1S/C10H16N4O3.CH4/c1-4(15)7(16)5-2-6-8(12-3-5)13-10(11)14-9(6)17;/h4-5,7,15-16H,2-3H2,1H3,(H4,11,12,13,14,17);1H4/t4-,5+,7-;/m0./s1. The Morgan fingerprint density at radius 1 is 1.50 bits per heavy atom. The molecule has 6 N–H and O–H groups in total. The third-order valence-electron chi connectivity index (χ3n) is 3.01. The Bertz CT molecular complexity index is 472. The van der Waals surface area contributed by atoms with E-state index < -0.39 is 12.2 Å². The Hall–Kier alpha value is -1.60. The van der Waals surface area contributed by atoms with Crippen LogP contribution in [0.2, 0.25) is 0 Å². The zero-order chi connectivity index (χ0) is 12.6. The lowest BCUT2D eigenvalue weighted by atomic mass is 9.89. The second kappa shape index (κ2) is 5.36. The van der Waals surface area contributed by atoms with Crippen molar-refractivity contribution in [3.8, 4) is 0 Å². The first-order chi connectivity index (χ1) is 7.99. The summed E-state index contributed by atoms with van der Waals surface area (Å²) in [5.74, 6) is 0.310. The van der Waals surface area contributed by atoms with E-state index in [4.69, 9.17) is 5.73 Å². The lowest BCUT2D eigenvalue weighted by Gasteiger charge is -2.29. The molecule has 0 fully saturated rings. The van der Waals surface area contributed by atoms with Crippen molar-refractivity contribution in [1.82, 2.24) is 9.97 Å². The molecule has 1 aromatic rings. The van der Waals surface area contributed by atoms with E-state index in [-0.39, 0.29) is 24.9 Å². The maximum absolute atomic E-state index is 11.7. The zero-order valence-corrected chi connectivity index (χ0v) is 9.47. The van der Waals surface area contributed by atoms with E-state index in [1.165, 1.54) is 6.92 Å². The normalized spacial score (nSPS) is 21.2. The maximum atomic E-state index is 11.7. The van der Waals surface area contributed by atoms with Crippen LogP contribution in [0.4, 0.5) is 11.8 Å². The number of nitrogen functional groups attached to an aromatic ring is 1. The van der Waals surface area contributed by atoms with Gasteiger partial charge in [0.25, 0.3) is 5.56 Å². The summed E-state index contributed by atoms with van der Waals surface area (Å²) in [6.45, 7) is 1.97. The Morgan fingerprint density at radius 2 is 2.17 bits per heavy atom. The molecule has 0 amide bonds. The van der Waals surface area contributed by atoms with Gasteiger partial charge < -0.3 is 21.3 Å². The Labute approximate surface area is 105 Å². The van der Waals surface area contributed by atoms with Crippen LogP contribution < -0.4 is 16.6 Å². The average molecular weight is 256 g/mol. The summed E-state index contributed by atoms with van der Waals surface area (Å²) in [5, 5.41) is 22.1. The summed E-state index contributed by atoms with van der Waals surface area (Å²) < 4.78 is 0. The van der Waals surface area contributed by atoms with Crippen molar-refractivity contribution in [2.24, 2.45) is 5.92 Å². The van der Waals surface area contributed by atoms with E-state index in [0.717, 1.165) is 0 Å². The number of nitrogens with one attached hydrogen (secondary N) is 2. The molecule has 0 radical (unpaired) electrons. The van der Waals surface area contributed by atoms with Gasteiger partial charge in [0, 0.05) is 12.5 Å². The molecule has 0 unspecified atom stereocenters. The molecule has 3 atom stereocenters. The third kappa shape index (κ3) is 2.62. The fourth-order valence-corrected chi connectivity index (χ4v) is 2.05. The van der Waals surface area contributed by atoms with Crippen molar-refractivity contribution < 1.29 is 10.2 Å². The van der Waals surface area contributed by atoms with E-state index >= 15 is 0 Å². The molecule has 0 aliphatic carbocycles. The molecule has 102 valence electrons. The third-order valence-corrected chi connectivity index (χ3v) is 3.01. The van der Waals surface area contributed by atoms with Crippen molar-refractivity contribution in [3.05, 3.63) is 15.9 Å². The van der Waals surface area contributed by atoms with Gasteiger partial charge in [-0.2, -0.15) is 4.98 Å². The fraction of sp³-hybridized carbons (Fsp3) is 0.636. The molecule has 2 rings (SSSR count). The molecule has 0 saturated heterocycles. The number of rotatable bonds is 2. The number of nitrogens with two attached hydrogens (primary N) is 1. The van der Waals surface area contributed by atoms with Crippen LogP contribution in [0.3, 0.4) is 0 Å². The summed E-state index contributed by atoms with van der Waals surface area (Å²) in [5.41, 5.74) is 5.59. The van der Waals surface area contributed by atoms with Gasteiger partial charge in [0.05, 0.1) is 17.8 Å². The molecule has 18 heavy (non-hydrogen) atoms. The van der Waals surface area contributed by atoms with Crippen LogP contribution in [0.25, 0.3) is 0 Å². The monoisotopic (exact) mass is 256 g/mol. The number of hydrogen-bond donors (Lipinski definition) is 5. The van der Waals surface area contributed by atoms with Crippen LogP contribution in [0.15, 0.2) is 4.79 Å². The number of aliphatic hydroxyl groups is 2. The molecular weight excluding hydrogens is 236 g/mol. The SMILES string of the molecule is C.C[C@H](O)[C@H](O)[C@H]1CNc2nc(N)[nH]c(=O)c2C1. The second-order valence-electron chi connectivity index (χ2n) is 4.35. The Balaban J connectivity index is 0.00000162. The predicted molar refractivity (Wildman–Crippen MR) is 69.4 cm³/mol. The first-order valence-corrected chi connectivity index (χ1v) is 5.47. The average Bonchev–Trinajstić information content (AvgIpc) is 2.27. The molecule has 2 heterocycles. The van der Waals surface area contributed by atoms with Gasteiger partial charge in [-0.3, -0.25) is 9.78 Å². The van der Waals surface area contributed by atoms with E-state index in [0.29, 0.717) is 24.3 Å². The highest BCUT2D eigenvalue weighted by Gasteiger charge is 2.29. The zero-order valence-electron chi connectivity index (χ0n) is 9.47. The highest BCUT2D eigenvalue weighted by Crippen LogP contribution is 2.23. The number of fused-ring (bicyclic) bond motifs is 1. The van der Waals surface area contributed by atoms with Gasteiger partial charge in [-0.25, -0.2) is 0 Å². The van der Waals surface area contributed by atoms with E-state index in [1.54, 1.807) is 0 Å². The molecule has 1 aliphatic rings. The van der Waals surface area contributed by atoms with Gasteiger partial charge in [0.2, 0.25) is 5.95 Å². The molecule has 7 nitrogen and oxygen atoms in total. The number of aliphatic hydroxyl groups excluding tert-OH is 2. The summed E-state index contributed by atoms with van der Waals surface area (Å²) >= 11 is 0. The molecule has 0 bridgehead atoms. The first-order valence-electron chi connectivity index (χ1n) is 5.47. The Morgan fingerprint density at radius 3 is 2.78 bits per heavy atom. The van der Waals surface area contributed by atoms with Gasteiger partial charge >= 0.3 is 0 Å². The highest BCUT2D eigenvalue weighted by atomic mass is 16.3. The van der Waals surface area contributed by atoms with Gasteiger partial charge in [-0.1, -0.05) is 7.43 Å². The summed E-state index contributed by atoms with van der Waals surface area (Å²) in [6, 6.07) is 0. The lowest BCUT2D eigenvalue weighted by Crippen LogP contribution is -2.41. The summed E-state index contributed by atoms with van der Waals surface area (Å²) in [6.07, 6.45) is -1.33. The Kier molecular flexibility index (Phi) is 4.31. The number of hydrogen-bond acceptors (Lipinski definition) is 6. The molecular formula is C11H20N4O3. The first kappa shape index (κ1) is 14.5. The van der Waals surface area contributed by atoms with E-state index in [2.05, 4.69) is 15.3 Å². The molecule has 1 aliphatic heterocycles. The van der Waals surface area contributed by atoms with Crippen LogP contribution in [0, 0.1) is 5.92 Å². The van der Waals surface area contributed by atoms with Crippen molar-refractivity contribution in [2.45, 2.75) is 33.0 Å². The molecule has 0 saturated carbocycles. The van der Waals surface area contributed by atoms with Crippen molar-refractivity contribution in [1.29, 1.82) is 0 Å². The van der Waals surface area contributed by atoms with Crippen molar-refractivity contribution >= 4 is 11.8 Å². The van der Waals surface area contributed by atoms with Crippen LogP contribution in [-0.2, 0) is 6.42 Å². The summed E-state index contributed by atoms with van der Waals surface area (Å²) in [7, 11) is 0. The minimum Gasteiger partial charge on any atom is -0.391 e. The van der Waals surface area contributed by atoms with Crippen LogP contribution in [0.5, 0.6) is 0 Å². The minimum atomic E-state index is -0.868. The molecule has 7 heteroatoms. The highest BCUT2D eigenvalue weighted by molar-refractivity contribution is 5.48. The van der Waals surface area contributed by atoms with E-state index in [9.17, 15) is 15.0 Å². The van der Waals surface area contributed by atoms with Gasteiger partial charge in [0.1, 0.15) is 5.82 Å². The van der Waals surface area contributed by atoms with Crippen LogP contribution in [0.1, 0.15) is 19.9 Å². The largest absolute Gasteiger partial charge is 0.391 e. The van der Waals surface area contributed by atoms with Crippen molar-refractivity contribution in [3.63, 3.8) is 0 Å². The van der Waals surface area contributed by atoms with Crippen LogP contribution in [-0.4, -0.2) is 38.9 Å². The topological polar surface area (TPSA) is 124 Å².